The van der Waals surface area contributed by atoms with E-state index in [9.17, 15) is 4.79 Å². The van der Waals surface area contributed by atoms with Crippen LogP contribution in [0.2, 0.25) is 0 Å². The molecule has 0 unspecified atom stereocenters. The normalized spacial score (nSPS) is 17.5. The Bertz CT molecular complexity index is 876. The Balaban J connectivity index is 1.48. The van der Waals surface area contributed by atoms with Crippen LogP contribution in [0.1, 0.15) is 18.7 Å². The summed E-state index contributed by atoms with van der Waals surface area (Å²) in [5, 5.41) is 7.17. The van der Waals surface area contributed by atoms with Gasteiger partial charge >= 0.3 is 0 Å². The fourth-order valence-electron chi connectivity index (χ4n) is 3.00. The van der Waals surface area contributed by atoms with Crippen molar-refractivity contribution in [1.29, 1.82) is 0 Å². The number of amides is 1. The molecule has 0 aliphatic carbocycles. The molecule has 124 valence electrons. The summed E-state index contributed by atoms with van der Waals surface area (Å²) in [6, 6.07) is 8.02. The Morgan fingerprint density at radius 3 is 3.08 bits per heavy atom. The lowest BCUT2D eigenvalue weighted by Crippen LogP contribution is -2.26. The molecule has 24 heavy (non-hydrogen) atoms. The van der Waals surface area contributed by atoms with Crippen molar-refractivity contribution in [2.45, 2.75) is 25.5 Å². The van der Waals surface area contributed by atoms with E-state index in [1.807, 2.05) is 37.5 Å². The number of rotatable bonds is 4. The van der Waals surface area contributed by atoms with E-state index in [1.165, 1.54) is 0 Å². The first-order valence-electron chi connectivity index (χ1n) is 8.06. The van der Waals surface area contributed by atoms with E-state index in [-0.39, 0.29) is 12.0 Å². The van der Waals surface area contributed by atoms with Gasteiger partial charge in [-0.15, -0.1) is 0 Å². The van der Waals surface area contributed by atoms with E-state index in [4.69, 9.17) is 4.74 Å². The number of aromatic nitrogens is 4. The van der Waals surface area contributed by atoms with Crippen molar-refractivity contribution >= 4 is 22.6 Å². The monoisotopic (exact) mass is 325 g/mol. The van der Waals surface area contributed by atoms with Crippen molar-refractivity contribution < 1.29 is 9.53 Å². The highest BCUT2D eigenvalue weighted by Crippen LogP contribution is 2.17. The summed E-state index contributed by atoms with van der Waals surface area (Å²) < 4.78 is 9.21. The molecular weight excluding hydrogens is 306 g/mol. The summed E-state index contributed by atoms with van der Waals surface area (Å²) in [5.74, 6) is 0.811. The highest BCUT2D eigenvalue weighted by atomic mass is 16.5. The van der Waals surface area contributed by atoms with Gasteiger partial charge in [-0.3, -0.25) is 9.48 Å². The van der Waals surface area contributed by atoms with E-state index in [2.05, 4.69) is 20.0 Å². The average Bonchev–Trinajstić information content (AvgIpc) is 3.30. The molecular formula is C17H19N5O2. The lowest BCUT2D eigenvalue weighted by atomic mass is 10.2. The number of ether oxygens (including phenoxy) is 1. The van der Waals surface area contributed by atoms with Gasteiger partial charge in [-0.05, 0) is 25.0 Å². The zero-order chi connectivity index (χ0) is 16.5. The van der Waals surface area contributed by atoms with E-state index < -0.39 is 0 Å². The zero-order valence-electron chi connectivity index (χ0n) is 13.5. The predicted molar refractivity (Wildman–Crippen MR) is 89.6 cm³/mol. The number of nitrogens with one attached hydrogen (secondary N) is 1. The minimum absolute atomic E-state index is 0.102. The number of anilines is 1. The molecule has 1 atom stereocenters. The quantitative estimate of drug-likeness (QED) is 0.795. The zero-order valence-corrected chi connectivity index (χ0v) is 13.5. The van der Waals surface area contributed by atoms with Crippen molar-refractivity contribution in [3.05, 3.63) is 42.5 Å². The van der Waals surface area contributed by atoms with Crippen LogP contribution < -0.4 is 5.32 Å². The molecule has 1 aliphatic rings. The largest absolute Gasteiger partial charge is 0.368 e. The molecule has 3 aromatic rings. The van der Waals surface area contributed by atoms with Crippen LogP contribution in [-0.2, 0) is 23.1 Å². The Labute approximate surface area is 139 Å². The molecule has 1 saturated heterocycles. The van der Waals surface area contributed by atoms with Crippen molar-refractivity contribution in [2.75, 3.05) is 11.9 Å². The maximum Gasteiger partial charge on any atom is 0.253 e. The van der Waals surface area contributed by atoms with Crippen LogP contribution in [0, 0.1) is 0 Å². The van der Waals surface area contributed by atoms with Gasteiger partial charge in [0.25, 0.3) is 5.91 Å². The number of benzene rings is 1. The molecule has 0 saturated carbocycles. The minimum atomic E-state index is -0.340. The number of nitrogens with zero attached hydrogens (tertiary/aromatic N) is 4. The second-order valence-electron chi connectivity index (χ2n) is 5.99. The molecule has 1 amide bonds. The van der Waals surface area contributed by atoms with Crippen LogP contribution in [0.5, 0.6) is 0 Å². The molecule has 1 aromatic carbocycles. The molecule has 4 rings (SSSR count). The third-order valence-corrected chi connectivity index (χ3v) is 4.31. The number of carbonyl (C=O) groups is 1. The fraction of sp³-hybridized carbons (Fsp3) is 0.353. The molecule has 0 spiro atoms. The number of imidazole rings is 1. The van der Waals surface area contributed by atoms with E-state index in [1.54, 1.807) is 10.9 Å². The van der Waals surface area contributed by atoms with Gasteiger partial charge in [0.05, 0.1) is 29.5 Å². The summed E-state index contributed by atoms with van der Waals surface area (Å²) in [4.78, 5) is 16.7. The number of aryl methyl sites for hydroxylation is 1. The highest BCUT2D eigenvalue weighted by Gasteiger charge is 2.23. The van der Waals surface area contributed by atoms with Crippen LogP contribution in [-0.4, -0.2) is 37.9 Å². The van der Waals surface area contributed by atoms with Crippen molar-refractivity contribution in [2.24, 2.45) is 7.05 Å². The highest BCUT2D eigenvalue weighted by molar-refractivity contribution is 5.94. The Kier molecular flexibility index (Phi) is 3.78. The van der Waals surface area contributed by atoms with Gasteiger partial charge in [0.2, 0.25) is 0 Å². The van der Waals surface area contributed by atoms with Gasteiger partial charge in [-0.2, -0.15) is 5.10 Å². The second kappa shape index (κ2) is 6.09. The molecule has 1 fully saturated rings. The molecule has 0 radical (unpaired) electrons. The maximum atomic E-state index is 12.1. The first-order chi connectivity index (χ1) is 11.7. The molecule has 7 heteroatoms. The summed E-state index contributed by atoms with van der Waals surface area (Å²) in [5.41, 5.74) is 2.73. The van der Waals surface area contributed by atoms with Gasteiger partial charge in [-0.1, -0.05) is 12.1 Å². The summed E-state index contributed by atoms with van der Waals surface area (Å²) >= 11 is 0. The third kappa shape index (κ3) is 2.78. The second-order valence-corrected chi connectivity index (χ2v) is 5.99. The smallest absolute Gasteiger partial charge is 0.253 e. The Hall–Kier alpha value is -2.67. The summed E-state index contributed by atoms with van der Waals surface area (Å²) in [6.45, 7) is 1.20. The molecule has 7 nitrogen and oxygen atoms in total. The standard InChI is InChI=1S/C17H19N5O2/c1-21-14-6-3-2-5-13(14)20-16(21)11-22-10-12(9-18-22)19-17(23)15-7-4-8-24-15/h2-3,5-6,9-10,15H,4,7-8,11H2,1H3,(H,19,23)/t15-/m1/s1. The molecule has 3 heterocycles. The van der Waals surface area contributed by atoms with Gasteiger partial charge in [0, 0.05) is 19.9 Å². The average molecular weight is 325 g/mol. The lowest BCUT2D eigenvalue weighted by Gasteiger charge is -2.08. The van der Waals surface area contributed by atoms with Crippen LogP contribution in [0.15, 0.2) is 36.7 Å². The van der Waals surface area contributed by atoms with Gasteiger partial charge in [0.15, 0.2) is 0 Å². The number of para-hydroxylation sites is 2. The van der Waals surface area contributed by atoms with E-state index in [0.29, 0.717) is 18.8 Å². The van der Waals surface area contributed by atoms with Crippen molar-refractivity contribution in [3.8, 4) is 0 Å². The third-order valence-electron chi connectivity index (χ3n) is 4.31. The predicted octanol–water partition coefficient (Wildman–Crippen LogP) is 1.94. The number of fused-ring (bicyclic) bond motifs is 1. The van der Waals surface area contributed by atoms with Crippen LogP contribution >= 0.6 is 0 Å². The first-order valence-corrected chi connectivity index (χ1v) is 8.06. The van der Waals surface area contributed by atoms with Gasteiger partial charge in [0.1, 0.15) is 11.9 Å². The molecule has 2 aromatic heterocycles. The maximum absolute atomic E-state index is 12.1. The lowest BCUT2D eigenvalue weighted by molar-refractivity contribution is -0.124. The van der Waals surface area contributed by atoms with E-state index in [0.717, 1.165) is 29.7 Å². The summed E-state index contributed by atoms with van der Waals surface area (Å²) in [6.07, 6.45) is 4.83. The van der Waals surface area contributed by atoms with Crippen LogP contribution in [0.25, 0.3) is 11.0 Å². The van der Waals surface area contributed by atoms with Crippen LogP contribution in [0.3, 0.4) is 0 Å². The molecule has 1 N–H and O–H groups in total. The van der Waals surface area contributed by atoms with Crippen LogP contribution in [0.4, 0.5) is 5.69 Å². The SMILES string of the molecule is Cn1c(Cn2cc(NC(=O)[C@H]3CCCO3)cn2)nc2ccccc21. The summed E-state index contributed by atoms with van der Waals surface area (Å²) in [7, 11) is 1.99. The minimum Gasteiger partial charge on any atom is -0.368 e. The van der Waals surface area contributed by atoms with Gasteiger partial charge in [-0.25, -0.2) is 4.98 Å². The first kappa shape index (κ1) is 14.9. The van der Waals surface area contributed by atoms with Crippen molar-refractivity contribution in [1.82, 2.24) is 19.3 Å². The fourth-order valence-corrected chi connectivity index (χ4v) is 3.00. The topological polar surface area (TPSA) is 74.0 Å². The number of hydrogen-bond acceptors (Lipinski definition) is 4. The Morgan fingerprint density at radius 2 is 2.29 bits per heavy atom. The number of carbonyl (C=O) groups excluding carboxylic acids is 1. The molecule has 1 aliphatic heterocycles. The Morgan fingerprint density at radius 1 is 1.42 bits per heavy atom. The molecule has 0 bridgehead atoms. The number of hydrogen-bond donors (Lipinski definition) is 1. The van der Waals surface area contributed by atoms with Crippen molar-refractivity contribution in [3.63, 3.8) is 0 Å². The van der Waals surface area contributed by atoms with E-state index >= 15 is 0 Å². The van der Waals surface area contributed by atoms with Gasteiger partial charge < -0.3 is 14.6 Å².